The number of rotatable bonds is 5. The normalized spacial score (nSPS) is 17.2. The molecule has 0 radical (unpaired) electrons. The van der Waals surface area contributed by atoms with Crippen LogP contribution in [0.1, 0.15) is 41.9 Å². The molecule has 4 rings (SSSR count). The van der Waals surface area contributed by atoms with Crippen molar-refractivity contribution in [3.63, 3.8) is 0 Å². The molecule has 7 nitrogen and oxygen atoms in total. The fourth-order valence-electron chi connectivity index (χ4n) is 4.24. The molecule has 3 aromatic rings. The molecule has 0 aliphatic carbocycles. The summed E-state index contributed by atoms with van der Waals surface area (Å²) in [6.45, 7) is 3.42. The summed E-state index contributed by atoms with van der Waals surface area (Å²) >= 11 is 0. The van der Waals surface area contributed by atoms with Gasteiger partial charge >= 0.3 is 6.18 Å². The van der Waals surface area contributed by atoms with Crippen LogP contribution in [0, 0.1) is 12.7 Å². The third kappa shape index (κ3) is 5.02. The largest absolute Gasteiger partial charge is 0.433 e. The van der Waals surface area contributed by atoms with E-state index in [9.17, 15) is 27.2 Å². The smallest absolute Gasteiger partial charge is 0.344 e. The third-order valence-electron chi connectivity index (χ3n) is 5.81. The lowest BCUT2D eigenvalue weighted by atomic mass is 10.0. The summed E-state index contributed by atoms with van der Waals surface area (Å²) in [7, 11) is 0. The average molecular weight is 477 g/mol. The minimum Gasteiger partial charge on any atom is -0.344 e. The van der Waals surface area contributed by atoms with Gasteiger partial charge in [-0.05, 0) is 37.1 Å². The zero-order valence-corrected chi connectivity index (χ0v) is 18.6. The van der Waals surface area contributed by atoms with Crippen LogP contribution in [0.4, 0.5) is 17.6 Å². The molecular formula is C23H23F4N5O2. The standard InChI is InChI=1S/C23H23F4N5O2/c1-13-9-20(23(25,26)27)32-21(28-13)11-18(30-32)16-7-8-31(12-16)22(34)19(29-14(2)33)10-15-3-5-17(24)6-4-15/h3-6,9,11,16,19H,7-8,10,12H2,1-2H3,(H,29,33)/t16-,19+/m1/s1. The first kappa shape index (κ1) is 23.7. The molecule has 3 heterocycles. The maximum absolute atomic E-state index is 13.4. The van der Waals surface area contributed by atoms with Crippen LogP contribution in [0.15, 0.2) is 36.4 Å². The van der Waals surface area contributed by atoms with Gasteiger partial charge in [0, 0.05) is 44.1 Å². The van der Waals surface area contributed by atoms with Crippen molar-refractivity contribution in [1.29, 1.82) is 0 Å². The van der Waals surface area contributed by atoms with Crippen LogP contribution in [0.5, 0.6) is 0 Å². The summed E-state index contributed by atoms with van der Waals surface area (Å²) in [6, 6.07) is 7.29. The Kier molecular flexibility index (Phi) is 6.28. The van der Waals surface area contributed by atoms with Gasteiger partial charge in [0.25, 0.3) is 0 Å². The fraction of sp³-hybridized carbons (Fsp3) is 0.391. The number of carbonyl (C=O) groups excluding carboxylic acids is 2. The van der Waals surface area contributed by atoms with E-state index in [4.69, 9.17) is 0 Å². The Hall–Kier alpha value is -3.50. The molecular weight excluding hydrogens is 454 g/mol. The van der Waals surface area contributed by atoms with Gasteiger partial charge < -0.3 is 10.2 Å². The van der Waals surface area contributed by atoms with Gasteiger partial charge in [0.05, 0.1) is 5.69 Å². The lowest BCUT2D eigenvalue weighted by molar-refractivity contribution is -0.142. The van der Waals surface area contributed by atoms with Crippen LogP contribution in [-0.4, -0.2) is 50.4 Å². The van der Waals surface area contributed by atoms with Crippen molar-refractivity contribution in [2.24, 2.45) is 0 Å². The van der Waals surface area contributed by atoms with Crippen molar-refractivity contribution in [3.8, 4) is 0 Å². The minimum atomic E-state index is -4.58. The van der Waals surface area contributed by atoms with E-state index in [1.807, 2.05) is 0 Å². The Balaban J connectivity index is 1.53. The zero-order valence-electron chi connectivity index (χ0n) is 18.6. The summed E-state index contributed by atoms with van der Waals surface area (Å²) in [4.78, 5) is 30.6. The molecule has 0 spiro atoms. The topological polar surface area (TPSA) is 79.6 Å². The van der Waals surface area contributed by atoms with Gasteiger partial charge in [0.1, 0.15) is 17.6 Å². The molecule has 1 aromatic carbocycles. The highest BCUT2D eigenvalue weighted by atomic mass is 19.4. The number of aromatic nitrogens is 3. The summed E-state index contributed by atoms with van der Waals surface area (Å²) in [5.74, 6) is -1.36. The monoisotopic (exact) mass is 477 g/mol. The molecule has 0 unspecified atom stereocenters. The van der Waals surface area contributed by atoms with Crippen LogP contribution >= 0.6 is 0 Å². The van der Waals surface area contributed by atoms with Crippen molar-refractivity contribution in [2.75, 3.05) is 13.1 Å². The fourth-order valence-corrected chi connectivity index (χ4v) is 4.24. The van der Waals surface area contributed by atoms with Crippen molar-refractivity contribution >= 4 is 17.5 Å². The molecule has 0 bridgehead atoms. The van der Waals surface area contributed by atoms with Crippen molar-refractivity contribution in [2.45, 2.75) is 44.8 Å². The zero-order chi connectivity index (χ0) is 24.6. The number of halogens is 4. The average Bonchev–Trinajstić information content (AvgIpc) is 3.39. The number of nitrogens with one attached hydrogen (secondary N) is 1. The number of fused-ring (bicyclic) bond motifs is 1. The van der Waals surface area contributed by atoms with E-state index in [2.05, 4.69) is 15.4 Å². The van der Waals surface area contributed by atoms with Gasteiger partial charge in [0.2, 0.25) is 11.8 Å². The first-order chi connectivity index (χ1) is 16.0. The maximum Gasteiger partial charge on any atom is 0.433 e. The second kappa shape index (κ2) is 9.03. The number of likely N-dealkylation sites (tertiary alicyclic amines) is 1. The van der Waals surface area contributed by atoms with Gasteiger partial charge in [-0.2, -0.15) is 18.3 Å². The Bertz CT molecular complexity index is 1220. The highest BCUT2D eigenvalue weighted by molar-refractivity contribution is 5.87. The number of hydrogen-bond donors (Lipinski definition) is 1. The van der Waals surface area contributed by atoms with E-state index in [1.54, 1.807) is 17.0 Å². The van der Waals surface area contributed by atoms with Crippen molar-refractivity contribution < 1.29 is 27.2 Å². The molecule has 2 aromatic heterocycles. The lowest BCUT2D eigenvalue weighted by Gasteiger charge is -2.24. The molecule has 2 amide bonds. The predicted octanol–water partition coefficient (Wildman–Crippen LogP) is 3.26. The van der Waals surface area contributed by atoms with Crippen LogP contribution in [0.3, 0.4) is 0 Å². The molecule has 180 valence electrons. The number of aryl methyl sites for hydroxylation is 1. The molecule has 0 saturated carbocycles. The highest BCUT2D eigenvalue weighted by Gasteiger charge is 2.37. The van der Waals surface area contributed by atoms with E-state index < -0.39 is 23.7 Å². The number of amides is 2. The summed E-state index contributed by atoms with van der Waals surface area (Å²) in [5, 5.41) is 6.80. The quantitative estimate of drug-likeness (QED) is 0.573. The summed E-state index contributed by atoms with van der Waals surface area (Å²) in [6.07, 6.45) is -3.88. The molecule has 11 heteroatoms. The molecule has 1 aliphatic rings. The first-order valence-electron chi connectivity index (χ1n) is 10.8. The van der Waals surface area contributed by atoms with E-state index in [1.165, 1.54) is 32.0 Å². The van der Waals surface area contributed by atoms with Crippen LogP contribution in [0.25, 0.3) is 5.65 Å². The van der Waals surface area contributed by atoms with Crippen molar-refractivity contribution in [1.82, 2.24) is 24.8 Å². The molecule has 1 aliphatic heterocycles. The summed E-state index contributed by atoms with van der Waals surface area (Å²) < 4.78 is 54.4. The minimum absolute atomic E-state index is 0.0968. The van der Waals surface area contributed by atoms with Gasteiger partial charge in [-0.3, -0.25) is 9.59 Å². The Morgan fingerprint density at radius 2 is 1.91 bits per heavy atom. The number of carbonyl (C=O) groups is 2. The first-order valence-corrected chi connectivity index (χ1v) is 10.8. The molecule has 34 heavy (non-hydrogen) atoms. The Morgan fingerprint density at radius 1 is 1.21 bits per heavy atom. The van der Waals surface area contributed by atoms with E-state index in [-0.39, 0.29) is 42.0 Å². The van der Waals surface area contributed by atoms with E-state index >= 15 is 0 Å². The van der Waals surface area contributed by atoms with Gasteiger partial charge in [-0.15, -0.1) is 0 Å². The Morgan fingerprint density at radius 3 is 2.56 bits per heavy atom. The highest BCUT2D eigenvalue weighted by Crippen LogP contribution is 2.32. The SMILES string of the molecule is CC(=O)N[C@@H](Cc1ccc(F)cc1)C(=O)N1CC[C@@H](c2cc3nc(C)cc(C(F)(F)F)n3n2)C1. The maximum atomic E-state index is 13.4. The molecule has 1 fully saturated rings. The van der Waals surface area contributed by atoms with Crippen molar-refractivity contribution in [3.05, 3.63) is 64.9 Å². The van der Waals surface area contributed by atoms with E-state index in [0.29, 0.717) is 24.2 Å². The molecule has 1 saturated heterocycles. The second-order valence-electron chi connectivity index (χ2n) is 8.47. The Labute approximate surface area is 192 Å². The van der Waals surface area contributed by atoms with Crippen LogP contribution in [0.2, 0.25) is 0 Å². The number of nitrogens with zero attached hydrogens (tertiary/aromatic N) is 4. The lowest BCUT2D eigenvalue weighted by Crippen LogP contribution is -2.48. The summed E-state index contributed by atoms with van der Waals surface area (Å²) in [5.41, 5.74) is 0.532. The van der Waals surface area contributed by atoms with Gasteiger partial charge in [-0.1, -0.05) is 12.1 Å². The second-order valence-corrected chi connectivity index (χ2v) is 8.47. The van der Waals surface area contributed by atoms with Crippen LogP contribution < -0.4 is 5.32 Å². The van der Waals surface area contributed by atoms with Gasteiger partial charge in [0.15, 0.2) is 5.65 Å². The number of hydrogen-bond acceptors (Lipinski definition) is 4. The number of alkyl halides is 3. The molecule has 1 N–H and O–H groups in total. The molecule has 2 atom stereocenters. The number of benzene rings is 1. The van der Waals surface area contributed by atoms with E-state index in [0.717, 1.165) is 10.6 Å². The third-order valence-corrected chi connectivity index (χ3v) is 5.81. The van der Waals surface area contributed by atoms with Gasteiger partial charge in [-0.25, -0.2) is 13.9 Å². The van der Waals surface area contributed by atoms with Crippen LogP contribution in [-0.2, 0) is 22.2 Å². The predicted molar refractivity (Wildman–Crippen MR) is 114 cm³/mol.